The lowest BCUT2D eigenvalue weighted by atomic mass is 9.91. The predicted molar refractivity (Wildman–Crippen MR) is 58.5 cm³/mol. The van der Waals surface area contributed by atoms with Crippen LogP contribution in [-0.4, -0.2) is 44.8 Å². The molecule has 0 radical (unpaired) electrons. The third kappa shape index (κ3) is 2.58. The van der Waals surface area contributed by atoms with Crippen LogP contribution in [0, 0.1) is 0 Å². The number of hydrogen-bond acceptors (Lipinski definition) is 3. The van der Waals surface area contributed by atoms with E-state index in [1.807, 2.05) is 19.4 Å². The molecule has 1 N–H and O–H groups in total. The third-order valence-electron chi connectivity index (χ3n) is 3.14. The van der Waals surface area contributed by atoms with Gasteiger partial charge in [-0.05, 0) is 12.8 Å². The standard InChI is InChI=1S/C11H19N3O/c1-2-11(15)8-14(9-11)6-3-5-13-7-4-12-10-13/h4,7,10,15H,2-3,5-6,8-9H2,1H3. The number of aromatic nitrogens is 2. The number of likely N-dealkylation sites (tertiary alicyclic amines) is 1. The number of nitrogens with zero attached hydrogens (tertiary/aromatic N) is 3. The van der Waals surface area contributed by atoms with Gasteiger partial charge in [-0.3, -0.25) is 4.90 Å². The summed E-state index contributed by atoms with van der Waals surface area (Å²) in [6.07, 6.45) is 7.62. The highest BCUT2D eigenvalue weighted by atomic mass is 16.3. The maximum absolute atomic E-state index is 9.82. The minimum atomic E-state index is -0.394. The molecule has 15 heavy (non-hydrogen) atoms. The van der Waals surface area contributed by atoms with Crippen LogP contribution >= 0.6 is 0 Å². The highest BCUT2D eigenvalue weighted by molar-refractivity contribution is 4.94. The molecule has 2 rings (SSSR count). The van der Waals surface area contributed by atoms with Crippen LogP contribution in [0.25, 0.3) is 0 Å². The molecule has 4 nitrogen and oxygen atoms in total. The molecule has 1 aromatic heterocycles. The maximum atomic E-state index is 9.82. The fourth-order valence-corrected chi connectivity index (χ4v) is 2.06. The first kappa shape index (κ1) is 10.6. The van der Waals surface area contributed by atoms with Crippen molar-refractivity contribution < 1.29 is 5.11 Å². The van der Waals surface area contributed by atoms with Crippen LogP contribution in [0.2, 0.25) is 0 Å². The number of aliphatic hydroxyl groups is 1. The minimum Gasteiger partial charge on any atom is -0.387 e. The Kier molecular flexibility index (Phi) is 3.07. The quantitative estimate of drug-likeness (QED) is 0.777. The Hall–Kier alpha value is -0.870. The molecule has 0 aliphatic carbocycles. The normalized spacial score (nSPS) is 20.1. The van der Waals surface area contributed by atoms with Crippen molar-refractivity contribution in [3.05, 3.63) is 18.7 Å². The van der Waals surface area contributed by atoms with Gasteiger partial charge in [0.25, 0.3) is 0 Å². The van der Waals surface area contributed by atoms with Crippen molar-refractivity contribution in [2.24, 2.45) is 0 Å². The van der Waals surface area contributed by atoms with Gasteiger partial charge in [0.05, 0.1) is 11.9 Å². The van der Waals surface area contributed by atoms with Gasteiger partial charge in [0.2, 0.25) is 0 Å². The molecule has 1 aliphatic rings. The lowest BCUT2D eigenvalue weighted by molar-refractivity contribution is -0.0996. The zero-order chi connectivity index (χ0) is 10.7. The zero-order valence-corrected chi connectivity index (χ0v) is 9.26. The van der Waals surface area contributed by atoms with E-state index in [2.05, 4.69) is 14.5 Å². The van der Waals surface area contributed by atoms with Crippen LogP contribution in [-0.2, 0) is 6.54 Å². The molecule has 0 bridgehead atoms. The Labute approximate surface area is 90.5 Å². The first-order valence-electron chi connectivity index (χ1n) is 5.62. The van der Waals surface area contributed by atoms with Crippen molar-refractivity contribution in [1.29, 1.82) is 0 Å². The summed E-state index contributed by atoms with van der Waals surface area (Å²) in [6, 6.07) is 0. The summed E-state index contributed by atoms with van der Waals surface area (Å²) in [5.74, 6) is 0. The molecular formula is C11H19N3O. The maximum Gasteiger partial charge on any atom is 0.0945 e. The fraction of sp³-hybridized carbons (Fsp3) is 0.727. The van der Waals surface area contributed by atoms with E-state index in [1.54, 1.807) is 6.20 Å². The second kappa shape index (κ2) is 4.33. The molecule has 0 saturated carbocycles. The molecule has 1 aliphatic heterocycles. The lowest BCUT2D eigenvalue weighted by Gasteiger charge is -2.46. The SMILES string of the molecule is CCC1(O)CN(CCCn2ccnc2)C1. The van der Waals surface area contributed by atoms with Gasteiger partial charge in [0.1, 0.15) is 0 Å². The van der Waals surface area contributed by atoms with E-state index in [1.165, 1.54) is 0 Å². The first-order valence-corrected chi connectivity index (χ1v) is 5.62. The first-order chi connectivity index (χ1) is 7.22. The van der Waals surface area contributed by atoms with Gasteiger partial charge in [-0.15, -0.1) is 0 Å². The summed E-state index contributed by atoms with van der Waals surface area (Å²) in [5.41, 5.74) is -0.394. The number of aryl methyl sites for hydroxylation is 1. The molecule has 84 valence electrons. The highest BCUT2D eigenvalue weighted by Gasteiger charge is 2.38. The fourth-order valence-electron chi connectivity index (χ4n) is 2.06. The van der Waals surface area contributed by atoms with E-state index < -0.39 is 5.60 Å². The topological polar surface area (TPSA) is 41.3 Å². The average Bonchev–Trinajstić information content (AvgIpc) is 2.67. The smallest absolute Gasteiger partial charge is 0.0945 e. The van der Waals surface area contributed by atoms with Gasteiger partial charge >= 0.3 is 0 Å². The second-order valence-electron chi connectivity index (χ2n) is 4.44. The summed E-state index contributed by atoms with van der Waals surface area (Å²) in [5, 5.41) is 9.82. The van der Waals surface area contributed by atoms with Crippen molar-refractivity contribution in [3.63, 3.8) is 0 Å². The van der Waals surface area contributed by atoms with Crippen molar-refractivity contribution in [2.75, 3.05) is 19.6 Å². The molecular weight excluding hydrogens is 190 g/mol. The molecule has 0 unspecified atom stereocenters. The Balaban J connectivity index is 1.61. The molecule has 2 heterocycles. The summed E-state index contributed by atoms with van der Waals surface area (Å²) < 4.78 is 2.09. The Morgan fingerprint density at radius 1 is 1.40 bits per heavy atom. The van der Waals surface area contributed by atoms with Gasteiger partial charge in [0.15, 0.2) is 0 Å². The van der Waals surface area contributed by atoms with E-state index in [-0.39, 0.29) is 0 Å². The summed E-state index contributed by atoms with van der Waals surface area (Å²) in [4.78, 5) is 6.31. The second-order valence-corrected chi connectivity index (χ2v) is 4.44. The highest BCUT2D eigenvalue weighted by Crippen LogP contribution is 2.23. The van der Waals surface area contributed by atoms with Gasteiger partial charge in [-0.25, -0.2) is 4.98 Å². The number of rotatable bonds is 5. The summed E-state index contributed by atoms with van der Waals surface area (Å²) in [7, 11) is 0. The van der Waals surface area contributed by atoms with Crippen LogP contribution < -0.4 is 0 Å². The van der Waals surface area contributed by atoms with Crippen LogP contribution in [0.4, 0.5) is 0 Å². The van der Waals surface area contributed by atoms with Crippen molar-refractivity contribution in [2.45, 2.75) is 31.9 Å². The van der Waals surface area contributed by atoms with Gasteiger partial charge < -0.3 is 9.67 Å². The van der Waals surface area contributed by atoms with Crippen LogP contribution in [0.3, 0.4) is 0 Å². The van der Waals surface area contributed by atoms with Crippen molar-refractivity contribution in [1.82, 2.24) is 14.5 Å². The van der Waals surface area contributed by atoms with E-state index >= 15 is 0 Å². The number of β-amino-alcohol motifs (C(OH)–C–C–N with tert-alkyl or cyclic N) is 1. The Morgan fingerprint density at radius 3 is 2.80 bits per heavy atom. The van der Waals surface area contributed by atoms with Crippen LogP contribution in [0.15, 0.2) is 18.7 Å². The zero-order valence-electron chi connectivity index (χ0n) is 9.26. The molecule has 1 saturated heterocycles. The van der Waals surface area contributed by atoms with Crippen molar-refractivity contribution in [3.8, 4) is 0 Å². The van der Waals surface area contributed by atoms with E-state index in [0.29, 0.717) is 0 Å². The Bertz CT molecular complexity index is 291. The Morgan fingerprint density at radius 2 is 2.20 bits per heavy atom. The molecule has 0 atom stereocenters. The molecule has 0 spiro atoms. The van der Waals surface area contributed by atoms with Gasteiger partial charge in [0, 0.05) is 38.6 Å². The molecule has 4 heteroatoms. The van der Waals surface area contributed by atoms with E-state index in [9.17, 15) is 5.11 Å². The van der Waals surface area contributed by atoms with Gasteiger partial charge in [-0.1, -0.05) is 6.92 Å². The molecule has 1 fully saturated rings. The van der Waals surface area contributed by atoms with Crippen LogP contribution in [0.1, 0.15) is 19.8 Å². The lowest BCUT2D eigenvalue weighted by Crippen LogP contribution is -2.61. The molecule has 0 aromatic carbocycles. The van der Waals surface area contributed by atoms with Crippen LogP contribution in [0.5, 0.6) is 0 Å². The average molecular weight is 209 g/mol. The molecule has 1 aromatic rings. The predicted octanol–water partition coefficient (Wildman–Crippen LogP) is 0.730. The number of imidazole rings is 1. The van der Waals surface area contributed by atoms with Crippen molar-refractivity contribution >= 4 is 0 Å². The minimum absolute atomic E-state index is 0.394. The van der Waals surface area contributed by atoms with Gasteiger partial charge in [-0.2, -0.15) is 0 Å². The summed E-state index contributed by atoms with van der Waals surface area (Å²) >= 11 is 0. The number of hydrogen-bond donors (Lipinski definition) is 1. The third-order valence-corrected chi connectivity index (χ3v) is 3.14. The monoisotopic (exact) mass is 209 g/mol. The summed E-state index contributed by atoms with van der Waals surface area (Å²) in [6.45, 7) is 5.81. The molecule has 0 amide bonds. The van der Waals surface area contributed by atoms with E-state index in [4.69, 9.17) is 0 Å². The van der Waals surface area contributed by atoms with E-state index in [0.717, 1.165) is 39.0 Å². The largest absolute Gasteiger partial charge is 0.387 e.